The minimum Gasteiger partial charge on any atom is -0.398 e. The molecule has 0 spiro atoms. The molecule has 1 aromatic rings. The fourth-order valence-corrected chi connectivity index (χ4v) is 2.98. The van der Waals surface area contributed by atoms with E-state index in [4.69, 9.17) is 17.3 Å². The molecule has 0 amide bonds. The topological polar surface area (TPSA) is 32.5 Å². The van der Waals surface area contributed by atoms with Gasteiger partial charge >= 0.3 is 0 Å². The zero-order valence-corrected chi connectivity index (χ0v) is 12.1. The van der Waals surface area contributed by atoms with E-state index in [9.17, 15) is 0 Å². The largest absolute Gasteiger partial charge is 0.398 e. The molecule has 100 valence electrons. The summed E-state index contributed by atoms with van der Waals surface area (Å²) in [6.07, 6.45) is 0. The number of halogens is 1. The summed E-state index contributed by atoms with van der Waals surface area (Å²) in [5.74, 6) is 0.712. The predicted octanol–water partition coefficient (Wildman–Crippen LogP) is 2.30. The molecular weight excluding hydrogens is 246 g/mol. The summed E-state index contributed by atoms with van der Waals surface area (Å²) in [6.45, 7) is 5.54. The van der Waals surface area contributed by atoms with Crippen molar-refractivity contribution in [2.24, 2.45) is 5.92 Å². The fraction of sp³-hybridized carbons (Fsp3) is 0.571. The molecule has 2 atom stereocenters. The van der Waals surface area contributed by atoms with Gasteiger partial charge in [0, 0.05) is 25.7 Å². The minimum atomic E-state index is 0.647. The number of nitrogen functional groups attached to an aromatic ring is 1. The summed E-state index contributed by atoms with van der Waals surface area (Å²) in [5.41, 5.74) is 7.62. The number of rotatable bonds is 3. The van der Waals surface area contributed by atoms with Crippen molar-refractivity contribution in [3.8, 4) is 0 Å². The van der Waals surface area contributed by atoms with Gasteiger partial charge in [-0.1, -0.05) is 24.6 Å². The van der Waals surface area contributed by atoms with E-state index >= 15 is 0 Å². The van der Waals surface area contributed by atoms with Crippen molar-refractivity contribution in [3.05, 3.63) is 28.8 Å². The van der Waals surface area contributed by atoms with Gasteiger partial charge in [-0.3, -0.25) is 4.90 Å². The fourth-order valence-electron chi connectivity index (χ4n) is 2.78. The molecule has 0 aromatic heterocycles. The van der Waals surface area contributed by atoms with E-state index in [0.717, 1.165) is 19.6 Å². The maximum absolute atomic E-state index is 6.06. The second-order valence-corrected chi connectivity index (χ2v) is 5.97. The lowest BCUT2D eigenvalue weighted by Crippen LogP contribution is -2.34. The van der Waals surface area contributed by atoms with E-state index in [1.54, 1.807) is 0 Å². The first-order valence-corrected chi connectivity index (χ1v) is 6.78. The zero-order valence-electron chi connectivity index (χ0n) is 11.4. The number of likely N-dealkylation sites (tertiary alicyclic amines) is 1. The third-order valence-corrected chi connectivity index (χ3v) is 4.11. The molecule has 1 aliphatic heterocycles. The maximum atomic E-state index is 6.06. The van der Waals surface area contributed by atoms with Crippen LogP contribution >= 0.6 is 11.6 Å². The van der Waals surface area contributed by atoms with Crippen LogP contribution in [0.15, 0.2) is 18.2 Å². The van der Waals surface area contributed by atoms with Crippen molar-refractivity contribution >= 4 is 17.3 Å². The predicted molar refractivity (Wildman–Crippen MR) is 77.8 cm³/mol. The minimum absolute atomic E-state index is 0.647. The molecule has 1 saturated heterocycles. The number of hydrogen-bond acceptors (Lipinski definition) is 3. The molecule has 1 aliphatic rings. The Morgan fingerprint density at radius 3 is 2.67 bits per heavy atom. The van der Waals surface area contributed by atoms with Gasteiger partial charge in [-0.15, -0.1) is 0 Å². The van der Waals surface area contributed by atoms with E-state index < -0.39 is 0 Å². The highest BCUT2D eigenvalue weighted by molar-refractivity contribution is 6.33. The van der Waals surface area contributed by atoms with Crippen molar-refractivity contribution in [3.63, 3.8) is 0 Å². The van der Waals surface area contributed by atoms with Gasteiger partial charge in [-0.25, -0.2) is 0 Å². The van der Waals surface area contributed by atoms with E-state index in [2.05, 4.69) is 36.9 Å². The number of nitrogens with two attached hydrogens (primary N) is 1. The van der Waals surface area contributed by atoms with E-state index in [0.29, 0.717) is 22.7 Å². The molecule has 1 fully saturated rings. The number of nitrogens with zero attached hydrogens (tertiary/aromatic N) is 2. The Morgan fingerprint density at radius 2 is 2.11 bits per heavy atom. The summed E-state index contributed by atoms with van der Waals surface area (Å²) in [7, 11) is 4.31. The van der Waals surface area contributed by atoms with Crippen LogP contribution in [0.25, 0.3) is 0 Å². The van der Waals surface area contributed by atoms with Gasteiger partial charge in [0.1, 0.15) is 0 Å². The van der Waals surface area contributed by atoms with Crippen molar-refractivity contribution < 1.29 is 0 Å². The molecular formula is C14H22ClN3. The van der Waals surface area contributed by atoms with E-state index in [1.807, 2.05) is 12.1 Å². The molecule has 1 aromatic carbocycles. The molecule has 0 saturated carbocycles. The molecule has 2 N–H and O–H groups in total. The Balaban J connectivity index is 2.00. The second-order valence-electron chi connectivity index (χ2n) is 5.56. The Bertz CT molecular complexity index is 420. The third-order valence-electron chi connectivity index (χ3n) is 3.78. The first-order valence-electron chi connectivity index (χ1n) is 6.40. The van der Waals surface area contributed by atoms with Gasteiger partial charge < -0.3 is 10.6 Å². The van der Waals surface area contributed by atoms with Gasteiger partial charge in [0.2, 0.25) is 0 Å². The Labute approximate surface area is 115 Å². The summed E-state index contributed by atoms with van der Waals surface area (Å²) >= 11 is 6.06. The standard InChI is InChI=1S/C14H22ClN3/c1-10-7-18(9-14(10)17(2)3)8-11-4-5-13(16)12(15)6-11/h4-6,10,14H,7-9,16H2,1-3H3. The molecule has 0 aliphatic carbocycles. The van der Waals surface area contributed by atoms with Gasteiger partial charge in [0.05, 0.1) is 10.7 Å². The molecule has 0 bridgehead atoms. The quantitative estimate of drug-likeness (QED) is 0.853. The maximum Gasteiger partial charge on any atom is 0.0638 e. The van der Waals surface area contributed by atoms with Gasteiger partial charge in [-0.05, 0) is 37.7 Å². The Hall–Kier alpha value is -0.770. The summed E-state index contributed by atoms with van der Waals surface area (Å²) < 4.78 is 0. The smallest absolute Gasteiger partial charge is 0.0638 e. The molecule has 18 heavy (non-hydrogen) atoms. The molecule has 3 nitrogen and oxygen atoms in total. The SMILES string of the molecule is CC1CN(Cc2ccc(N)c(Cl)c2)CC1N(C)C. The second kappa shape index (κ2) is 5.47. The van der Waals surface area contributed by atoms with E-state index in [1.165, 1.54) is 5.56 Å². The number of likely N-dealkylation sites (N-methyl/N-ethyl adjacent to an activating group) is 1. The lowest BCUT2D eigenvalue weighted by molar-refractivity contribution is 0.250. The highest BCUT2D eigenvalue weighted by Gasteiger charge is 2.30. The van der Waals surface area contributed by atoms with Crippen molar-refractivity contribution in [2.75, 3.05) is 32.9 Å². The van der Waals surface area contributed by atoms with Crippen LogP contribution in [-0.2, 0) is 6.54 Å². The van der Waals surface area contributed by atoms with Gasteiger partial charge in [-0.2, -0.15) is 0 Å². The zero-order chi connectivity index (χ0) is 13.3. The summed E-state index contributed by atoms with van der Waals surface area (Å²) in [5, 5.41) is 0.656. The van der Waals surface area contributed by atoms with Crippen LogP contribution in [0.2, 0.25) is 5.02 Å². The van der Waals surface area contributed by atoms with Crippen LogP contribution in [-0.4, -0.2) is 43.0 Å². The lowest BCUT2D eigenvalue weighted by Gasteiger charge is -2.22. The molecule has 4 heteroatoms. The average Bonchev–Trinajstić information content (AvgIpc) is 2.65. The van der Waals surface area contributed by atoms with Gasteiger partial charge in [0.25, 0.3) is 0 Å². The number of anilines is 1. The van der Waals surface area contributed by atoms with Crippen molar-refractivity contribution in [2.45, 2.75) is 19.5 Å². The van der Waals surface area contributed by atoms with E-state index in [-0.39, 0.29) is 0 Å². The average molecular weight is 268 g/mol. The Morgan fingerprint density at radius 1 is 1.39 bits per heavy atom. The summed E-state index contributed by atoms with van der Waals surface area (Å²) in [6, 6.07) is 6.58. The third kappa shape index (κ3) is 2.97. The lowest BCUT2D eigenvalue weighted by atomic mass is 10.1. The van der Waals surface area contributed by atoms with Crippen LogP contribution in [0.5, 0.6) is 0 Å². The molecule has 0 radical (unpaired) electrons. The first kappa shape index (κ1) is 13.7. The van der Waals surface area contributed by atoms with Crippen LogP contribution in [0.4, 0.5) is 5.69 Å². The normalized spacial score (nSPS) is 24.9. The number of hydrogen-bond donors (Lipinski definition) is 1. The van der Waals surface area contributed by atoms with Crippen LogP contribution in [0.3, 0.4) is 0 Å². The highest BCUT2D eigenvalue weighted by atomic mass is 35.5. The molecule has 2 rings (SSSR count). The first-order chi connectivity index (χ1) is 8.47. The molecule has 2 unspecified atom stereocenters. The number of benzene rings is 1. The van der Waals surface area contributed by atoms with Crippen LogP contribution < -0.4 is 5.73 Å². The van der Waals surface area contributed by atoms with Gasteiger partial charge in [0.15, 0.2) is 0 Å². The summed E-state index contributed by atoms with van der Waals surface area (Å²) in [4.78, 5) is 4.80. The van der Waals surface area contributed by atoms with Crippen LogP contribution in [0.1, 0.15) is 12.5 Å². The van der Waals surface area contributed by atoms with Crippen molar-refractivity contribution in [1.82, 2.24) is 9.80 Å². The monoisotopic (exact) mass is 267 g/mol. The highest BCUT2D eigenvalue weighted by Crippen LogP contribution is 2.24. The van der Waals surface area contributed by atoms with Crippen molar-refractivity contribution in [1.29, 1.82) is 0 Å². The molecule has 1 heterocycles. The Kier molecular flexibility index (Phi) is 4.15. The van der Waals surface area contributed by atoms with Crippen LogP contribution in [0, 0.1) is 5.92 Å².